The molecule has 0 aliphatic carbocycles. The van der Waals surface area contributed by atoms with E-state index in [1.165, 1.54) is 5.69 Å². The Morgan fingerprint density at radius 1 is 1.04 bits per heavy atom. The van der Waals surface area contributed by atoms with Gasteiger partial charge in [0.1, 0.15) is 6.26 Å². The normalized spacial score (nSPS) is 15.9. The smallest absolute Gasteiger partial charge is 0.241 e. The highest BCUT2D eigenvalue weighted by molar-refractivity contribution is 5.51. The molecule has 1 saturated heterocycles. The van der Waals surface area contributed by atoms with Crippen LogP contribution < -0.4 is 4.90 Å². The highest BCUT2D eigenvalue weighted by Gasteiger charge is 2.19. The van der Waals surface area contributed by atoms with Gasteiger partial charge >= 0.3 is 0 Å². The summed E-state index contributed by atoms with van der Waals surface area (Å²) in [5, 5.41) is 4.00. The molecule has 3 aromatic heterocycles. The van der Waals surface area contributed by atoms with Crippen molar-refractivity contribution in [2.24, 2.45) is 0 Å². The van der Waals surface area contributed by atoms with Gasteiger partial charge < -0.3 is 13.8 Å². The molecule has 3 aromatic rings. The first-order chi connectivity index (χ1) is 11.4. The lowest BCUT2D eigenvalue weighted by Crippen LogP contribution is -2.46. The van der Waals surface area contributed by atoms with E-state index in [9.17, 15) is 0 Å². The first-order valence-electron chi connectivity index (χ1n) is 7.61. The van der Waals surface area contributed by atoms with E-state index in [1.54, 1.807) is 12.5 Å². The Hall–Kier alpha value is -2.67. The van der Waals surface area contributed by atoms with Gasteiger partial charge in [-0.05, 0) is 18.2 Å². The molecule has 1 fully saturated rings. The average Bonchev–Trinajstić information content (AvgIpc) is 3.28. The first-order valence-corrected chi connectivity index (χ1v) is 7.61. The van der Waals surface area contributed by atoms with Crippen LogP contribution in [0.1, 0.15) is 5.89 Å². The number of hydrogen-bond acceptors (Lipinski definition) is 7. The quantitative estimate of drug-likeness (QED) is 0.730. The first kappa shape index (κ1) is 14.0. The summed E-state index contributed by atoms with van der Waals surface area (Å²) in [6.07, 6.45) is 6.88. The lowest BCUT2D eigenvalue weighted by molar-refractivity contribution is 0.215. The van der Waals surface area contributed by atoms with Crippen LogP contribution in [0.5, 0.6) is 0 Å². The topological polar surface area (TPSA) is 71.4 Å². The van der Waals surface area contributed by atoms with Gasteiger partial charge in [-0.2, -0.15) is 4.98 Å². The summed E-state index contributed by atoms with van der Waals surface area (Å²) in [5.41, 5.74) is 2.06. The Morgan fingerprint density at radius 2 is 1.87 bits per heavy atom. The zero-order chi connectivity index (χ0) is 15.5. The molecule has 7 nitrogen and oxygen atoms in total. The Balaban J connectivity index is 1.35. The monoisotopic (exact) mass is 311 g/mol. The molecule has 0 radical (unpaired) electrons. The fourth-order valence-electron chi connectivity index (χ4n) is 2.74. The molecule has 7 heteroatoms. The van der Waals surface area contributed by atoms with Crippen molar-refractivity contribution in [3.8, 4) is 11.4 Å². The van der Waals surface area contributed by atoms with E-state index in [-0.39, 0.29) is 0 Å². The van der Waals surface area contributed by atoms with E-state index in [1.807, 2.05) is 30.6 Å². The number of anilines is 1. The minimum absolute atomic E-state index is 0.573. The summed E-state index contributed by atoms with van der Waals surface area (Å²) in [7, 11) is 0. The van der Waals surface area contributed by atoms with Crippen molar-refractivity contribution < 1.29 is 8.94 Å². The van der Waals surface area contributed by atoms with Crippen molar-refractivity contribution in [1.29, 1.82) is 0 Å². The summed E-state index contributed by atoms with van der Waals surface area (Å²) < 4.78 is 10.4. The molecule has 0 amide bonds. The van der Waals surface area contributed by atoms with Crippen LogP contribution >= 0.6 is 0 Å². The van der Waals surface area contributed by atoms with Crippen molar-refractivity contribution in [2.75, 3.05) is 31.1 Å². The third kappa shape index (κ3) is 3.09. The molecule has 0 aromatic carbocycles. The molecule has 0 saturated carbocycles. The summed E-state index contributed by atoms with van der Waals surface area (Å²) in [6, 6.07) is 5.91. The van der Waals surface area contributed by atoms with Crippen LogP contribution in [0, 0.1) is 0 Å². The van der Waals surface area contributed by atoms with Crippen molar-refractivity contribution in [3.63, 3.8) is 0 Å². The van der Waals surface area contributed by atoms with Gasteiger partial charge in [-0.15, -0.1) is 0 Å². The molecule has 0 spiro atoms. The maximum absolute atomic E-state index is 5.34. The average molecular weight is 311 g/mol. The Labute approximate surface area is 133 Å². The number of rotatable bonds is 4. The van der Waals surface area contributed by atoms with Crippen LogP contribution in [0.3, 0.4) is 0 Å². The minimum atomic E-state index is 0.573. The van der Waals surface area contributed by atoms with Crippen LogP contribution in [0.15, 0.2) is 52.1 Å². The van der Waals surface area contributed by atoms with Gasteiger partial charge in [-0.25, -0.2) is 0 Å². The van der Waals surface area contributed by atoms with Gasteiger partial charge in [0.2, 0.25) is 11.7 Å². The molecular formula is C16H17N5O2. The molecular weight excluding hydrogens is 294 g/mol. The number of furan rings is 1. The molecule has 4 heterocycles. The summed E-state index contributed by atoms with van der Waals surface area (Å²) in [5.74, 6) is 1.21. The minimum Gasteiger partial charge on any atom is -0.472 e. The van der Waals surface area contributed by atoms with Gasteiger partial charge in [0, 0.05) is 44.3 Å². The lowest BCUT2D eigenvalue weighted by Gasteiger charge is -2.35. The predicted molar refractivity (Wildman–Crippen MR) is 83.7 cm³/mol. The number of piperazine rings is 1. The molecule has 1 aliphatic rings. The third-order valence-electron chi connectivity index (χ3n) is 4.01. The summed E-state index contributed by atoms with van der Waals surface area (Å²) in [6.45, 7) is 4.56. The molecule has 0 atom stereocenters. The SMILES string of the molecule is c1cc(N2CCN(Cc3nc(-c4ccoc4)no3)CC2)ccn1. The van der Waals surface area contributed by atoms with Gasteiger partial charge in [0.25, 0.3) is 0 Å². The number of nitrogens with zero attached hydrogens (tertiary/aromatic N) is 5. The van der Waals surface area contributed by atoms with E-state index in [0.717, 1.165) is 31.7 Å². The van der Waals surface area contributed by atoms with Crippen LogP contribution in [-0.2, 0) is 6.54 Å². The molecule has 4 rings (SSSR count). The second-order valence-corrected chi connectivity index (χ2v) is 5.49. The van der Waals surface area contributed by atoms with Crippen LogP contribution in [0.2, 0.25) is 0 Å². The fourth-order valence-corrected chi connectivity index (χ4v) is 2.74. The van der Waals surface area contributed by atoms with Crippen LogP contribution in [0.25, 0.3) is 11.4 Å². The standard InChI is InChI=1S/C16H17N5O2/c1-4-17-5-2-14(1)21-8-6-20(7-9-21)11-15-18-16(19-23-15)13-3-10-22-12-13/h1-5,10,12H,6-9,11H2. The fraction of sp³-hybridized carbons (Fsp3) is 0.312. The molecule has 23 heavy (non-hydrogen) atoms. The molecule has 0 N–H and O–H groups in total. The third-order valence-corrected chi connectivity index (χ3v) is 4.01. The van der Waals surface area contributed by atoms with Gasteiger partial charge in [-0.3, -0.25) is 9.88 Å². The maximum atomic E-state index is 5.34. The van der Waals surface area contributed by atoms with Crippen molar-refractivity contribution in [2.45, 2.75) is 6.54 Å². The summed E-state index contributed by atoms with van der Waals surface area (Å²) >= 11 is 0. The van der Waals surface area contributed by atoms with Crippen molar-refractivity contribution in [3.05, 3.63) is 49.0 Å². The predicted octanol–water partition coefficient (Wildman–Crippen LogP) is 2.05. The van der Waals surface area contributed by atoms with E-state index < -0.39 is 0 Å². The Kier molecular flexibility index (Phi) is 3.77. The number of pyridine rings is 1. The van der Waals surface area contributed by atoms with Crippen molar-refractivity contribution >= 4 is 5.69 Å². The van der Waals surface area contributed by atoms with Gasteiger partial charge in [0.15, 0.2) is 0 Å². The maximum Gasteiger partial charge on any atom is 0.241 e. The van der Waals surface area contributed by atoms with Gasteiger partial charge in [0.05, 0.1) is 18.4 Å². The zero-order valence-electron chi connectivity index (χ0n) is 12.6. The second kappa shape index (κ2) is 6.21. The van der Waals surface area contributed by atoms with E-state index in [0.29, 0.717) is 18.3 Å². The number of hydrogen-bond donors (Lipinski definition) is 0. The Bertz CT molecular complexity index is 733. The number of aromatic nitrogens is 3. The van der Waals surface area contributed by atoms with E-state index in [2.05, 4.69) is 24.9 Å². The van der Waals surface area contributed by atoms with E-state index >= 15 is 0 Å². The molecule has 118 valence electrons. The molecule has 0 unspecified atom stereocenters. The van der Waals surface area contributed by atoms with Crippen LogP contribution in [0.4, 0.5) is 5.69 Å². The lowest BCUT2D eigenvalue weighted by atomic mass is 10.2. The van der Waals surface area contributed by atoms with E-state index in [4.69, 9.17) is 8.94 Å². The molecule has 1 aliphatic heterocycles. The highest BCUT2D eigenvalue weighted by atomic mass is 16.5. The highest BCUT2D eigenvalue weighted by Crippen LogP contribution is 2.18. The van der Waals surface area contributed by atoms with Crippen LogP contribution in [-0.4, -0.2) is 46.2 Å². The molecule has 0 bridgehead atoms. The Morgan fingerprint density at radius 3 is 2.61 bits per heavy atom. The van der Waals surface area contributed by atoms with Gasteiger partial charge in [-0.1, -0.05) is 5.16 Å². The zero-order valence-corrected chi connectivity index (χ0v) is 12.6. The summed E-state index contributed by atoms with van der Waals surface area (Å²) in [4.78, 5) is 13.2. The van der Waals surface area contributed by atoms with Crippen molar-refractivity contribution in [1.82, 2.24) is 20.0 Å². The second-order valence-electron chi connectivity index (χ2n) is 5.49. The largest absolute Gasteiger partial charge is 0.472 e.